The molecule has 1 saturated carbocycles. The van der Waals surface area contributed by atoms with Gasteiger partial charge in [0, 0.05) is 24.1 Å². The number of aliphatic hydroxyl groups excluding tert-OH is 1. The number of amides is 1. The third-order valence-corrected chi connectivity index (χ3v) is 3.88. The van der Waals surface area contributed by atoms with Crippen LogP contribution in [0.3, 0.4) is 0 Å². The summed E-state index contributed by atoms with van der Waals surface area (Å²) in [5, 5.41) is 9.23. The molecule has 0 atom stereocenters. The molecule has 0 radical (unpaired) electrons. The van der Waals surface area contributed by atoms with E-state index >= 15 is 0 Å². The topological polar surface area (TPSA) is 40.5 Å². The average Bonchev–Trinajstić information content (AvgIpc) is 2.34. The van der Waals surface area contributed by atoms with Gasteiger partial charge in [-0.2, -0.15) is 0 Å². The van der Waals surface area contributed by atoms with Crippen molar-refractivity contribution in [2.45, 2.75) is 18.9 Å². The Morgan fingerprint density at radius 2 is 2.26 bits per heavy atom. The third-order valence-electron chi connectivity index (χ3n) is 3.39. The standard InChI is InChI=1S/C15H18BrNO2/c1-17(10-12-8-14(18)9-12)15(19)6-5-11-3-2-4-13(16)7-11/h2-7,12,14,18H,8-10H2,1H3. The lowest BCUT2D eigenvalue weighted by atomic mass is 9.82. The fourth-order valence-electron chi connectivity index (χ4n) is 2.23. The average molecular weight is 324 g/mol. The summed E-state index contributed by atoms with van der Waals surface area (Å²) in [6, 6.07) is 7.81. The van der Waals surface area contributed by atoms with E-state index in [-0.39, 0.29) is 12.0 Å². The van der Waals surface area contributed by atoms with Gasteiger partial charge in [-0.1, -0.05) is 28.1 Å². The van der Waals surface area contributed by atoms with Crippen LogP contribution < -0.4 is 0 Å². The Balaban J connectivity index is 1.86. The van der Waals surface area contributed by atoms with Gasteiger partial charge in [-0.15, -0.1) is 0 Å². The summed E-state index contributed by atoms with van der Waals surface area (Å²) in [6.07, 6.45) is 4.88. The van der Waals surface area contributed by atoms with Crippen molar-refractivity contribution in [1.82, 2.24) is 4.90 Å². The Bertz CT molecular complexity index is 481. The van der Waals surface area contributed by atoms with Gasteiger partial charge in [0.15, 0.2) is 0 Å². The van der Waals surface area contributed by atoms with Crippen molar-refractivity contribution >= 4 is 27.9 Å². The second-order valence-electron chi connectivity index (χ2n) is 5.10. The Labute approximate surface area is 122 Å². The first-order valence-electron chi connectivity index (χ1n) is 6.41. The van der Waals surface area contributed by atoms with Crippen LogP contribution in [0, 0.1) is 5.92 Å². The first-order valence-corrected chi connectivity index (χ1v) is 7.20. The number of likely N-dealkylation sites (N-methyl/N-ethyl adjacent to an activating group) is 1. The van der Waals surface area contributed by atoms with Crippen molar-refractivity contribution in [3.63, 3.8) is 0 Å². The maximum atomic E-state index is 11.9. The lowest BCUT2D eigenvalue weighted by molar-refractivity contribution is -0.126. The predicted octanol–water partition coefficient (Wildman–Crippen LogP) is 2.69. The van der Waals surface area contributed by atoms with Crippen LogP contribution in [0.15, 0.2) is 34.8 Å². The summed E-state index contributed by atoms with van der Waals surface area (Å²) in [5.41, 5.74) is 0.996. The fourth-order valence-corrected chi connectivity index (χ4v) is 2.65. The molecule has 1 aromatic rings. The monoisotopic (exact) mass is 323 g/mol. The van der Waals surface area contributed by atoms with Crippen molar-refractivity contribution in [2.24, 2.45) is 5.92 Å². The van der Waals surface area contributed by atoms with Gasteiger partial charge in [0.05, 0.1) is 6.10 Å². The van der Waals surface area contributed by atoms with Crippen LogP contribution in [0.5, 0.6) is 0 Å². The molecular formula is C15H18BrNO2. The Kier molecular flexibility index (Phi) is 4.77. The van der Waals surface area contributed by atoms with E-state index < -0.39 is 0 Å². The Morgan fingerprint density at radius 3 is 2.89 bits per heavy atom. The van der Waals surface area contributed by atoms with E-state index in [0.717, 1.165) is 29.4 Å². The van der Waals surface area contributed by atoms with E-state index in [0.29, 0.717) is 5.92 Å². The Hall–Kier alpha value is -1.13. The fraction of sp³-hybridized carbons (Fsp3) is 0.400. The minimum Gasteiger partial charge on any atom is -0.393 e. The highest BCUT2D eigenvalue weighted by atomic mass is 79.9. The number of nitrogens with zero attached hydrogens (tertiary/aromatic N) is 1. The molecule has 0 aliphatic heterocycles. The maximum Gasteiger partial charge on any atom is 0.246 e. The molecule has 102 valence electrons. The lowest BCUT2D eigenvalue weighted by Crippen LogP contribution is -2.38. The molecule has 0 saturated heterocycles. The van der Waals surface area contributed by atoms with Crippen LogP contribution in [0.1, 0.15) is 18.4 Å². The van der Waals surface area contributed by atoms with Gasteiger partial charge >= 0.3 is 0 Å². The minimum atomic E-state index is -0.161. The van der Waals surface area contributed by atoms with Gasteiger partial charge in [0.25, 0.3) is 0 Å². The van der Waals surface area contributed by atoms with Gasteiger partial charge in [-0.3, -0.25) is 4.79 Å². The van der Waals surface area contributed by atoms with Crippen LogP contribution >= 0.6 is 15.9 Å². The molecule has 1 aliphatic carbocycles. The van der Waals surface area contributed by atoms with Gasteiger partial charge < -0.3 is 10.0 Å². The number of rotatable bonds is 4. The number of benzene rings is 1. The number of carbonyl (C=O) groups excluding carboxylic acids is 1. The van der Waals surface area contributed by atoms with Crippen LogP contribution in [0.4, 0.5) is 0 Å². The van der Waals surface area contributed by atoms with E-state index in [1.807, 2.05) is 30.3 Å². The highest BCUT2D eigenvalue weighted by Crippen LogP contribution is 2.27. The largest absolute Gasteiger partial charge is 0.393 e. The highest BCUT2D eigenvalue weighted by molar-refractivity contribution is 9.10. The summed E-state index contributed by atoms with van der Waals surface area (Å²) in [5.74, 6) is 0.449. The minimum absolute atomic E-state index is 0.00126. The molecule has 0 aromatic heterocycles. The van der Waals surface area contributed by atoms with Gasteiger partial charge in [-0.05, 0) is 42.5 Å². The molecule has 1 aromatic carbocycles. The molecule has 1 N–H and O–H groups in total. The summed E-state index contributed by atoms with van der Waals surface area (Å²) in [7, 11) is 1.80. The normalized spacial score (nSPS) is 22.3. The van der Waals surface area contributed by atoms with Crippen LogP contribution in [0.2, 0.25) is 0 Å². The summed E-state index contributed by atoms with van der Waals surface area (Å²) in [6.45, 7) is 0.721. The molecule has 1 amide bonds. The summed E-state index contributed by atoms with van der Waals surface area (Å²) >= 11 is 3.40. The number of hydrogen-bond donors (Lipinski definition) is 1. The van der Waals surface area contributed by atoms with E-state index in [9.17, 15) is 9.90 Å². The SMILES string of the molecule is CN(CC1CC(O)C1)C(=O)C=Cc1cccc(Br)c1. The molecule has 0 heterocycles. The first-order chi connectivity index (χ1) is 9.04. The number of carbonyl (C=O) groups is 1. The molecule has 1 fully saturated rings. The zero-order valence-corrected chi connectivity index (χ0v) is 12.5. The molecule has 0 unspecified atom stereocenters. The van der Waals surface area contributed by atoms with Crippen molar-refractivity contribution in [2.75, 3.05) is 13.6 Å². The summed E-state index contributed by atoms with van der Waals surface area (Å²) < 4.78 is 0.999. The first kappa shape index (κ1) is 14.3. The van der Waals surface area contributed by atoms with Crippen molar-refractivity contribution in [3.05, 3.63) is 40.4 Å². The Morgan fingerprint density at radius 1 is 1.53 bits per heavy atom. The van der Waals surface area contributed by atoms with Gasteiger partial charge in [0.1, 0.15) is 0 Å². The van der Waals surface area contributed by atoms with Crippen molar-refractivity contribution in [1.29, 1.82) is 0 Å². The van der Waals surface area contributed by atoms with Crippen molar-refractivity contribution < 1.29 is 9.90 Å². The second-order valence-corrected chi connectivity index (χ2v) is 6.01. The van der Waals surface area contributed by atoms with Crippen LogP contribution in [-0.4, -0.2) is 35.6 Å². The predicted molar refractivity (Wildman–Crippen MR) is 79.5 cm³/mol. The van der Waals surface area contributed by atoms with Gasteiger partial charge in [0.2, 0.25) is 5.91 Å². The molecule has 4 heteroatoms. The zero-order chi connectivity index (χ0) is 13.8. The smallest absolute Gasteiger partial charge is 0.246 e. The van der Waals surface area contributed by atoms with E-state index in [2.05, 4.69) is 15.9 Å². The second kappa shape index (κ2) is 6.35. The van der Waals surface area contributed by atoms with E-state index in [4.69, 9.17) is 0 Å². The molecule has 1 aliphatic rings. The number of aliphatic hydroxyl groups is 1. The third kappa shape index (κ3) is 4.18. The van der Waals surface area contributed by atoms with Crippen molar-refractivity contribution in [3.8, 4) is 0 Å². The number of hydrogen-bond acceptors (Lipinski definition) is 2. The number of halogens is 1. The summed E-state index contributed by atoms with van der Waals surface area (Å²) in [4.78, 5) is 13.6. The highest BCUT2D eigenvalue weighted by Gasteiger charge is 2.28. The quantitative estimate of drug-likeness (QED) is 0.865. The molecule has 19 heavy (non-hydrogen) atoms. The lowest BCUT2D eigenvalue weighted by Gasteiger charge is -2.34. The maximum absolute atomic E-state index is 11.9. The molecule has 2 rings (SSSR count). The molecular weight excluding hydrogens is 306 g/mol. The van der Waals surface area contributed by atoms with Crippen LogP contribution in [-0.2, 0) is 4.79 Å². The molecule has 0 bridgehead atoms. The molecule has 3 nitrogen and oxygen atoms in total. The van der Waals surface area contributed by atoms with E-state index in [1.165, 1.54) is 0 Å². The van der Waals surface area contributed by atoms with Crippen LogP contribution in [0.25, 0.3) is 6.08 Å². The zero-order valence-electron chi connectivity index (χ0n) is 10.9. The molecule has 0 spiro atoms. The van der Waals surface area contributed by atoms with Gasteiger partial charge in [-0.25, -0.2) is 0 Å². The van der Waals surface area contributed by atoms with E-state index in [1.54, 1.807) is 18.0 Å².